The molecule has 16 rings (SSSR count). The van der Waals surface area contributed by atoms with Crippen molar-refractivity contribution in [2.45, 2.75) is 261 Å². The summed E-state index contributed by atoms with van der Waals surface area (Å²) in [6.45, 7) is 41.7. The predicted octanol–water partition coefficient (Wildman–Crippen LogP) is 27.4. The first-order chi connectivity index (χ1) is 53.0. The molecule has 9 aromatic carbocycles. The van der Waals surface area contributed by atoms with E-state index < -0.39 is 0 Å². The molecule has 10 nitrogen and oxygen atoms in total. The van der Waals surface area contributed by atoms with Crippen LogP contribution < -0.4 is 22.8 Å². The summed E-state index contributed by atoms with van der Waals surface area (Å²) < 4.78 is 21.1. The molecule has 0 amide bonds. The van der Waals surface area contributed by atoms with Crippen molar-refractivity contribution in [3.8, 4) is 28.4 Å². The number of fused-ring (bicyclic) bond motifs is 4. The molecule has 2 atom stereocenters. The van der Waals surface area contributed by atoms with Gasteiger partial charge in [0.25, 0.3) is 6.33 Å². The molecule has 115 heavy (non-hydrogen) atoms. The van der Waals surface area contributed by atoms with Gasteiger partial charge >= 0.3 is 0 Å². The molecule has 0 bridgehead atoms. The standard InChI is InChI=1S/C25H33N2.C25H27N2.C24H31N2.C20H25N2.C6H10N2.5CH4/c2*1-18(2)20-9-13-22(14-10-20)26-17-27(25-8-6-5-7-24(25)26)23-15-11-21(12-16-23)19(3)4;1-17(2)19-9-12-21(13-10-19)25-16-26(24-8-6-5-7-23(24)25)22-14-11-20(15-22)18(3)4;1-15(2)13-21-14-22(20-8-6-5-7-19(20)21)18-11-9-17(10-12-18)16(3)4;1-6(2)8-4-3-7-5-8;;;;;/h5-10,13-14,17-19,21,23H,11-12,15-16H2,1-4H3;5-19H,1-4H3;5-10,12-13,16-18,20,22H,11,14-15H2,1-4H3;5-12,14-16H,13H2,1-4H3;3-6H,1-2H3;5*1H4/q4*+1;;;;;;/p+1. The molecule has 0 aliphatic heterocycles. The van der Waals surface area contributed by atoms with Crippen LogP contribution in [0.1, 0.15) is 282 Å². The monoisotopic (exact) mass is 1550 g/mol. The van der Waals surface area contributed by atoms with Gasteiger partial charge in [-0.1, -0.05) is 257 Å². The van der Waals surface area contributed by atoms with Crippen molar-refractivity contribution in [3.05, 3.63) is 290 Å². The zero-order chi connectivity index (χ0) is 77.9. The molecule has 612 valence electrons. The van der Waals surface area contributed by atoms with Crippen molar-refractivity contribution in [1.29, 1.82) is 0 Å². The van der Waals surface area contributed by atoms with Crippen LogP contribution in [0.2, 0.25) is 0 Å². The van der Waals surface area contributed by atoms with Crippen molar-refractivity contribution in [2.75, 3.05) is 0 Å². The normalized spacial score (nSPS) is 15.2. The Balaban J connectivity index is 0.000000203. The quantitative estimate of drug-likeness (QED) is 0.0884. The molecule has 5 heterocycles. The second-order valence-corrected chi connectivity index (χ2v) is 34.3. The van der Waals surface area contributed by atoms with Crippen molar-refractivity contribution >= 4 is 44.1 Å². The number of nitrogens with one attached hydrogen (secondary N) is 1. The van der Waals surface area contributed by atoms with Crippen LogP contribution in [-0.2, 0) is 6.54 Å². The van der Waals surface area contributed by atoms with Gasteiger partial charge in [-0.25, -0.2) is 18.3 Å². The molecule has 2 unspecified atom stereocenters. The van der Waals surface area contributed by atoms with Gasteiger partial charge in [0.1, 0.15) is 52.9 Å². The van der Waals surface area contributed by atoms with E-state index in [0.29, 0.717) is 53.6 Å². The highest BCUT2D eigenvalue weighted by molar-refractivity contribution is 5.77. The first-order valence-electron chi connectivity index (χ1n) is 41.6. The third kappa shape index (κ3) is 22.0. The second-order valence-electron chi connectivity index (χ2n) is 34.3. The van der Waals surface area contributed by atoms with E-state index in [-0.39, 0.29) is 37.1 Å². The number of H-pyrrole nitrogens is 1. The first-order valence-corrected chi connectivity index (χ1v) is 41.6. The van der Waals surface area contributed by atoms with E-state index in [2.05, 4.69) is 414 Å². The fourth-order valence-corrected chi connectivity index (χ4v) is 16.3. The van der Waals surface area contributed by atoms with Crippen molar-refractivity contribution < 1.29 is 22.8 Å². The number of aromatic amines is 1. The van der Waals surface area contributed by atoms with Crippen molar-refractivity contribution in [1.82, 2.24) is 23.3 Å². The molecule has 0 radical (unpaired) electrons. The second kappa shape index (κ2) is 42.1. The van der Waals surface area contributed by atoms with Crippen LogP contribution in [-0.4, -0.2) is 23.3 Å². The Morgan fingerprint density at radius 1 is 0.330 bits per heavy atom. The van der Waals surface area contributed by atoms with Crippen LogP contribution in [0.4, 0.5) is 0 Å². The largest absolute Gasteiger partial charge is 0.255 e. The van der Waals surface area contributed by atoms with E-state index in [9.17, 15) is 0 Å². The maximum Gasteiger partial charge on any atom is 0.255 e. The third-order valence-electron chi connectivity index (χ3n) is 23.4. The average molecular weight is 1550 g/mol. The fraction of sp³-hybridized carbons (Fsp3) is 0.419. The summed E-state index contributed by atoms with van der Waals surface area (Å²) in [5.74, 6) is 6.81. The number of hydrogen-bond donors (Lipinski definition) is 1. The number of benzene rings is 9. The summed E-state index contributed by atoms with van der Waals surface area (Å²) in [7, 11) is 0. The highest BCUT2D eigenvalue weighted by atomic mass is 15.2. The summed E-state index contributed by atoms with van der Waals surface area (Å²) in [6.07, 6.45) is 24.3. The van der Waals surface area contributed by atoms with E-state index in [4.69, 9.17) is 0 Å². The molecule has 2 saturated carbocycles. The maximum atomic E-state index is 2.97. The SMILES string of the molecule is C.C.C.C.C.CC(C)C[n+]1cn(-c2ccc(C(C)C)cc2)c2ccccc21.CC(C)[n+]1cc[nH]c1.CC(C)c1ccc(-n2c[n+](-c3ccc(C(C)C)cc3)c3ccccc32)cc1.CC(C)c1ccc(-n2c[n+](C3CCC(C(C)C)C3)c3ccccc32)cc1.CC(C)c1ccc(-n2c[n+](C3CCC(C(C)C)CC3)c3ccccc32)cc1. The predicted molar refractivity (Wildman–Crippen MR) is 493 cm³/mol. The minimum Gasteiger partial charge on any atom is -0.250 e. The van der Waals surface area contributed by atoms with Gasteiger partial charge in [0.2, 0.25) is 25.3 Å². The number of rotatable bonds is 17. The summed E-state index contributed by atoms with van der Waals surface area (Å²) in [4.78, 5) is 2.97. The number of para-hydroxylation sites is 8. The van der Waals surface area contributed by atoms with Gasteiger partial charge in [-0.3, -0.25) is 4.98 Å². The Morgan fingerprint density at radius 2 is 0.652 bits per heavy atom. The van der Waals surface area contributed by atoms with Crippen LogP contribution in [0.5, 0.6) is 0 Å². The molecule has 10 heteroatoms. The average Bonchev–Trinajstić information content (AvgIpc) is 1.63. The van der Waals surface area contributed by atoms with E-state index in [1.165, 1.54) is 145 Å². The lowest BCUT2D eigenvalue weighted by Gasteiger charge is -2.29. The Kier molecular flexibility index (Phi) is 33.8. The zero-order valence-corrected chi connectivity index (χ0v) is 69.5. The number of imidazole rings is 5. The summed E-state index contributed by atoms with van der Waals surface area (Å²) in [5, 5.41) is 0. The molecule has 2 aliphatic rings. The van der Waals surface area contributed by atoms with E-state index in [1.54, 1.807) is 0 Å². The van der Waals surface area contributed by atoms with E-state index in [0.717, 1.165) is 30.2 Å². The van der Waals surface area contributed by atoms with Crippen LogP contribution in [0.25, 0.3) is 72.6 Å². The van der Waals surface area contributed by atoms with Crippen molar-refractivity contribution in [3.63, 3.8) is 0 Å². The van der Waals surface area contributed by atoms with Gasteiger partial charge in [-0.2, -0.15) is 22.8 Å². The molecule has 0 saturated heterocycles. The van der Waals surface area contributed by atoms with Gasteiger partial charge in [0.05, 0.1) is 12.6 Å². The molecular formula is C105H147N10+5. The lowest BCUT2D eigenvalue weighted by molar-refractivity contribution is -0.715. The lowest BCUT2D eigenvalue weighted by atomic mass is 9.79. The minimum atomic E-state index is 0. The van der Waals surface area contributed by atoms with Gasteiger partial charge in [0.15, 0.2) is 44.1 Å². The summed E-state index contributed by atoms with van der Waals surface area (Å²) in [5.41, 5.74) is 23.3. The van der Waals surface area contributed by atoms with Crippen LogP contribution >= 0.6 is 0 Å². The Hall–Kier alpha value is -9.93. The summed E-state index contributed by atoms with van der Waals surface area (Å²) >= 11 is 0. The Labute approximate surface area is 695 Å². The molecule has 0 spiro atoms. The highest BCUT2D eigenvalue weighted by Crippen LogP contribution is 2.38. The van der Waals surface area contributed by atoms with Crippen LogP contribution in [0.15, 0.2) is 262 Å². The van der Waals surface area contributed by atoms with Gasteiger partial charge in [-0.05, 0) is 255 Å². The van der Waals surface area contributed by atoms with E-state index >= 15 is 0 Å². The van der Waals surface area contributed by atoms with Gasteiger partial charge in [0, 0.05) is 0 Å². The smallest absolute Gasteiger partial charge is 0.250 e. The molecule has 2 aliphatic carbocycles. The van der Waals surface area contributed by atoms with Gasteiger partial charge in [-0.15, -0.1) is 0 Å². The lowest BCUT2D eigenvalue weighted by Crippen LogP contribution is -2.41. The Morgan fingerprint density at radius 3 is 1.00 bits per heavy atom. The number of nitrogens with zero attached hydrogens (tertiary/aromatic N) is 9. The van der Waals surface area contributed by atoms with Crippen LogP contribution in [0, 0.1) is 29.6 Å². The molecule has 1 N–H and O–H groups in total. The first kappa shape index (κ1) is 92.2. The summed E-state index contributed by atoms with van der Waals surface area (Å²) in [6, 6.07) is 81.6. The topological polar surface area (TPSA) is 54.9 Å². The molecule has 2 fully saturated rings. The van der Waals surface area contributed by atoms with E-state index in [1.807, 2.05) is 18.7 Å². The number of aromatic nitrogens is 10. The number of hydrogen-bond acceptors (Lipinski definition) is 0. The molecule has 14 aromatic rings. The van der Waals surface area contributed by atoms with Gasteiger partial charge < -0.3 is 0 Å². The zero-order valence-electron chi connectivity index (χ0n) is 69.5. The maximum absolute atomic E-state index is 2.97. The minimum absolute atomic E-state index is 0. The molecular weight excluding hydrogens is 1400 g/mol. The van der Waals surface area contributed by atoms with Crippen molar-refractivity contribution in [2.24, 2.45) is 29.6 Å². The highest BCUT2D eigenvalue weighted by Gasteiger charge is 2.34. The van der Waals surface area contributed by atoms with Crippen LogP contribution in [0.3, 0.4) is 0 Å². The Bertz CT molecular complexity index is 5100. The third-order valence-corrected chi connectivity index (χ3v) is 23.4. The fourth-order valence-electron chi connectivity index (χ4n) is 16.3. The molecule has 5 aromatic heterocycles.